The van der Waals surface area contributed by atoms with Gasteiger partial charge in [0.05, 0.1) is 16.4 Å². The molecule has 0 aliphatic rings. The van der Waals surface area contributed by atoms with E-state index in [1.54, 1.807) is 17.8 Å². The molecule has 0 aliphatic carbocycles. The number of aliphatic hydroxyl groups is 1. The predicted octanol–water partition coefficient (Wildman–Crippen LogP) is 1.22. The zero-order chi connectivity index (χ0) is 10.8. The zero-order valence-electron chi connectivity index (χ0n) is 8.50. The normalized spacial score (nSPS) is 15.5. The highest BCUT2D eigenvalue weighted by Crippen LogP contribution is 2.30. The van der Waals surface area contributed by atoms with E-state index in [0.717, 1.165) is 16.7 Å². The molecule has 1 atom stereocenters. The summed E-state index contributed by atoms with van der Waals surface area (Å²) in [5.41, 5.74) is 5.34. The van der Waals surface area contributed by atoms with Gasteiger partial charge in [-0.2, -0.15) is 5.10 Å². The van der Waals surface area contributed by atoms with E-state index >= 15 is 0 Å². The van der Waals surface area contributed by atoms with Crippen molar-refractivity contribution in [1.82, 2.24) is 9.78 Å². The first kappa shape index (κ1) is 11.7. The van der Waals surface area contributed by atoms with Crippen molar-refractivity contribution in [1.29, 1.82) is 0 Å². The molecule has 0 saturated carbocycles. The fraction of sp³-hybridized carbons (Fsp3) is 0.667. The highest BCUT2D eigenvalue weighted by atomic mass is 79.9. The topological polar surface area (TPSA) is 64.1 Å². The molecular formula is C9H16BrN3O. The molecule has 1 aromatic heterocycles. The number of nitrogens with zero attached hydrogens (tertiary/aromatic N) is 2. The van der Waals surface area contributed by atoms with Gasteiger partial charge >= 0.3 is 0 Å². The second-order valence-electron chi connectivity index (χ2n) is 3.47. The number of halogens is 1. The lowest BCUT2D eigenvalue weighted by Crippen LogP contribution is -2.28. The van der Waals surface area contributed by atoms with E-state index in [1.165, 1.54) is 0 Å². The Hall–Kier alpha value is -0.390. The molecular weight excluding hydrogens is 246 g/mol. The molecule has 1 unspecified atom stereocenters. The SMILES string of the molecule is CCn1ncc(Br)c1C(C)(O)CCN. The third-order valence-corrected chi connectivity index (χ3v) is 2.82. The second-order valence-corrected chi connectivity index (χ2v) is 4.32. The maximum absolute atomic E-state index is 10.2. The summed E-state index contributed by atoms with van der Waals surface area (Å²) in [5, 5.41) is 14.3. The summed E-state index contributed by atoms with van der Waals surface area (Å²) in [5.74, 6) is 0. The maximum Gasteiger partial charge on any atom is 0.106 e. The summed E-state index contributed by atoms with van der Waals surface area (Å²) in [7, 11) is 0. The van der Waals surface area contributed by atoms with Gasteiger partial charge < -0.3 is 10.8 Å². The maximum atomic E-state index is 10.2. The Morgan fingerprint density at radius 2 is 2.36 bits per heavy atom. The van der Waals surface area contributed by atoms with E-state index in [0.29, 0.717) is 13.0 Å². The Morgan fingerprint density at radius 1 is 1.71 bits per heavy atom. The fourth-order valence-electron chi connectivity index (χ4n) is 1.54. The molecule has 4 nitrogen and oxygen atoms in total. The van der Waals surface area contributed by atoms with Crippen LogP contribution in [0, 0.1) is 0 Å². The molecule has 0 fully saturated rings. The van der Waals surface area contributed by atoms with Gasteiger partial charge in [0, 0.05) is 6.54 Å². The second kappa shape index (κ2) is 4.42. The summed E-state index contributed by atoms with van der Waals surface area (Å²) in [6, 6.07) is 0. The van der Waals surface area contributed by atoms with Crippen molar-refractivity contribution in [3.8, 4) is 0 Å². The monoisotopic (exact) mass is 261 g/mol. The van der Waals surface area contributed by atoms with Crippen LogP contribution >= 0.6 is 15.9 Å². The van der Waals surface area contributed by atoms with Gasteiger partial charge in [0.25, 0.3) is 0 Å². The first-order chi connectivity index (χ1) is 6.53. The van der Waals surface area contributed by atoms with Crippen LogP contribution < -0.4 is 5.73 Å². The van der Waals surface area contributed by atoms with Crippen molar-refractivity contribution in [3.05, 3.63) is 16.4 Å². The number of rotatable bonds is 4. The van der Waals surface area contributed by atoms with Gasteiger partial charge in [-0.3, -0.25) is 4.68 Å². The van der Waals surface area contributed by atoms with E-state index < -0.39 is 5.60 Å². The Balaban J connectivity index is 3.08. The van der Waals surface area contributed by atoms with Gasteiger partial charge in [-0.15, -0.1) is 0 Å². The van der Waals surface area contributed by atoms with Gasteiger partial charge in [0.1, 0.15) is 5.60 Å². The quantitative estimate of drug-likeness (QED) is 0.857. The van der Waals surface area contributed by atoms with Gasteiger partial charge in [-0.05, 0) is 42.7 Å². The minimum atomic E-state index is -0.917. The van der Waals surface area contributed by atoms with E-state index in [-0.39, 0.29) is 0 Å². The average Bonchev–Trinajstić information content (AvgIpc) is 2.47. The third kappa shape index (κ3) is 2.16. The van der Waals surface area contributed by atoms with Gasteiger partial charge in [0.2, 0.25) is 0 Å². The molecule has 80 valence electrons. The summed E-state index contributed by atoms with van der Waals surface area (Å²) in [4.78, 5) is 0. The minimum absolute atomic E-state index is 0.453. The Bertz CT molecular complexity index is 309. The molecule has 0 amide bonds. The number of hydrogen-bond acceptors (Lipinski definition) is 3. The van der Waals surface area contributed by atoms with E-state index in [2.05, 4.69) is 21.0 Å². The van der Waals surface area contributed by atoms with Crippen molar-refractivity contribution in [3.63, 3.8) is 0 Å². The largest absolute Gasteiger partial charge is 0.384 e. The van der Waals surface area contributed by atoms with Crippen LogP contribution in [0.5, 0.6) is 0 Å². The number of aryl methyl sites for hydroxylation is 1. The summed E-state index contributed by atoms with van der Waals surface area (Å²) < 4.78 is 2.61. The molecule has 0 spiro atoms. The molecule has 0 saturated heterocycles. The lowest BCUT2D eigenvalue weighted by molar-refractivity contribution is 0.0403. The Labute approximate surface area is 92.2 Å². The summed E-state index contributed by atoms with van der Waals surface area (Å²) in [6.07, 6.45) is 2.22. The highest BCUT2D eigenvalue weighted by molar-refractivity contribution is 9.10. The van der Waals surface area contributed by atoms with Crippen LogP contribution in [0.2, 0.25) is 0 Å². The Kier molecular flexibility index (Phi) is 3.69. The predicted molar refractivity (Wildman–Crippen MR) is 58.8 cm³/mol. The van der Waals surface area contributed by atoms with Crippen LogP contribution in [-0.2, 0) is 12.1 Å². The lowest BCUT2D eigenvalue weighted by atomic mass is 9.98. The lowest BCUT2D eigenvalue weighted by Gasteiger charge is -2.24. The molecule has 3 N–H and O–H groups in total. The van der Waals surface area contributed by atoms with Crippen LogP contribution in [0.3, 0.4) is 0 Å². The summed E-state index contributed by atoms with van der Waals surface area (Å²) in [6.45, 7) is 4.94. The van der Waals surface area contributed by atoms with Crippen LogP contribution in [0.1, 0.15) is 26.0 Å². The van der Waals surface area contributed by atoms with Crippen LogP contribution in [-0.4, -0.2) is 21.4 Å². The van der Waals surface area contributed by atoms with Crippen molar-refractivity contribution in [2.24, 2.45) is 5.73 Å². The van der Waals surface area contributed by atoms with E-state index in [1.807, 2.05) is 6.92 Å². The number of aromatic nitrogens is 2. The van der Waals surface area contributed by atoms with E-state index in [4.69, 9.17) is 5.73 Å². The highest BCUT2D eigenvalue weighted by Gasteiger charge is 2.28. The summed E-state index contributed by atoms with van der Waals surface area (Å²) >= 11 is 3.38. The van der Waals surface area contributed by atoms with Crippen LogP contribution in [0.4, 0.5) is 0 Å². The number of nitrogens with two attached hydrogens (primary N) is 1. The minimum Gasteiger partial charge on any atom is -0.384 e. The first-order valence-corrected chi connectivity index (χ1v) is 5.46. The standard InChI is InChI=1S/C9H16BrN3O/c1-3-13-8(7(10)6-12-13)9(2,14)4-5-11/h6,14H,3-5,11H2,1-2H3. The molecule has 0 aromatic carbocycles. The van der Waals surface area contributed by atoms with Crippen LogP contribution in [0.15, 0.2) is 10.7 Å². The van der Waals surface area contributed by atoms with Crippen molar-refractivity contribution < 1.29 is 5.11 Å². The molecule has 14 heavy (non-hydrogen) atoms. The average molecular weight is 262 g/mol. The third-order valence-electron chi connectivity index (χ3n) is 2.24. The molecule has 0 aliphatic heterocycles. The molecule has 1 rings (SSSR count). The van der Waals surface area contributed by atoms with Crippen molar-refractivity contribution in [2.75, 3.05) is 6.54 Å². The van der Waals surface area contributed by atoms with Crippen molar-refractivity contribution in [2.45, 2.75) is 32.4 Å². The smallest absolute Gasteiger partial charge is 0.106 e. The van der Waals surface area contributed by atoms with E-state index in [9.17, 15) is 5.11 Å². The number of hydrogen-bond donors (Lipinski definition) is 2. The Morgan fingerprint density at radius 3 is 2.86 bits per heavy atom. The van der Waals surface area contributed by atoms with Crippen LogP contribution in [0.25, 0.3) is 0 Å². The van der Waals surface area contributed by atoms with Gasteiger partial charge in [-0.1, -0.05) is 0 Å². The molecule has 1 aromatic rings. The molecule has 0 bridgehead atoms. The molecule has 0 radical (unpaired) electrons. The van der Waals surface area contributed by atoms with Crippen molar-refractivity contribution >= 4 is 15.9 Å². The first-order valence-electron chi connectivity index (χ1n) is 4.67. The molecule has 5 heteroatoms. The zero-order valence-corrected chi connectivity index (χ0v) is 10.1. The van der Waals surface area contributed by atoms with Gasteiger partial charge in [0.15, 0.2) is 0 Å². The molecule has 1 heterocycles. The fourth-order valence-corrected chi connectivity index (χ4v) is 2.26. The van der Waals surface area contributed by atoms with Gasteiger partial charge in [-0.25, -0.2) is 0 Å².